The van der Waals surface area contributed by atoms with Crippen LogP contribution in [0.1, 0.15) is 24.4 Å². The molecule has 0 unspecified atom stereocenters. The van der Waals surface area contributed by atoms with E-state index in [1.807, 2.05) is 12.1 Å². The maximum Gasteiger partial charge on any atom is 0.0469 e. The number of pyridine rings is 1. The highest BCUT2D eigenvalue weighted by molar-refractivity contribution is 5.85. The topological polar surface area (TPSA) is 48.1 Å². The minimum Gasteiger partial charge on any atom is -0.381 e. The van der Waals surface area contributed by atoms with Crippen LogP contribution in [0.3, 0.4) is 0 Å². The first kappa shape index (κ1) is 12.4. The zero-order chi connectivity index (χ0) is 9.80. The highest BCUT2D eigenvalue weighted by Crippen LogP contribution is 2.27. The van der Waals surface area contributed by atoms with Crippen LogP contribution in [0.25, 0.3) is 0 Å². The van der Waals surface area contributed by atoms with Crippen molar-refractivity contribution >= 4 is 12.4 Å². The molecule has 0 aliphatic carbocycles. The van der Waals surface area contributed by atoms with Gasteiger partial charge in [0.1, 0.15) is 0 Å². The molecule has 3 nitrogen and oxygen atoms in total. The second kappa shape index (κ2) is 6.05. The molecule has 1 saturated heterocycles. The molecule has 0 saturated carbocycles. The third-order valence-electron chi connectivity index (χ3n) is 2.86. The quantitative estimate of drug-likeness (QED) is 0.842. The Morgan fingerprint density at radius 3 is 2.47 bits per heavy atom. The minimum absolute atomic E-state index is 0. The molecule has 0 amide bonds. The van der Waals surface area contributed by atoms with Crippen molar-refractivity contribution in [2.24, 2.45) is 11.7 Å². The van der Waals surface area contributed by atoms with E-state index in [0.29, 0.717) is 5.92 Å². The Hall–Kier alpha value is -0.640. The van der Waals surface area contributed by atoms with Gasteiger partial charge in [0.25, 0.3) is 0 Å². The van der Waals surface area contributed by atoms with E-state index in [2.05, 4.69) is 4.98 Å². The molecule has 2 N–H and O–H groups in total. The summed E-state index contributed by atoms with van der Waals surface area (Å²) in [5, 5.41) is 0. The van der Waals surface area contributed by atoms with Crippen molar-refractivity contribution in [3.05, 3.63) is 30.1 Å². The molecule has 0 spiro atoms. The van der Waals surface area contributed by atoms with Gasteiger partial charge >= 0.3 is 0 Å². The molecule has 0 aromatic carbocycles. The minimum atomic E-state index is 0. The van der Waals surface area contributed by atoms with Crippen LogP contribution < -0.4 is 5.73 Å². The Morgan fingerprint density at radius 2 is 1.87 bits per heavy atom. The monoisotopic (exact) mass is 228 g/mol. The fourth-order valence-corrected chi connectivity index (χ4v) is 1.93. The van der Waals surface area contributed by atoms with E-state index in [1.54, 1.807) is 12.4 Å². The second-order valence-electron chi connectivity index (χ2n) is 3.76. The Labute approximate surface area is 96.4 Å². The lowest BCUT2D eigenvalue weighted by Gasteiger charge is -2.27. The number of rotatable bonds is 2. The number of halogens is 1. The maximum absolute atomic E-state index is 6.19. The van der Waals surface area contributed by atoms with Gasteiger partial charge in [-0.05, 0) is 36.5 Å². The largest absolute Gasteiger partial charge is 0.381 e. The van der Waals surface area contributed by atoms with E-state index in [1.165, 1.54) is 5.56 Å². The molecule has 0 radical (unpaired) electrons. The number of ether oxygens (including phenoxy) is 1. The molecular formula is C11H17ClN2O. The second-order valence-corrected chi connectivity index (χ2v) is 3.76. The molecule has 1 aliphatic rings. The average Bonchev–Trinajstić information content (AvgIpc) is 2.30. The number of nitrogens with zero attached hydrogens (tertiary/aromatic N) is 1. The fraction of sp³-hybridized carbons (Fsp3) is 0.545. The standard InChI is InChI=1S/C11H16N2O.ClH/c12-11(9-1-5-13-6-2-9)10-3-7-14-8-4-10;/h1-2,5-6,10-11H,3-4,7-8,12H2;1H/t11-;/m0./s1. The van der Waals surface area contributed by atoms with Gasteiger partial charge < -0.3 is 10.5 Å². The van der Waals surface area contributed by atoms with Gasteiger partial charge in [-0.1, -0.05) is 0 Å². The molecule has 2 heterocycles. The van der Waals surface area contributed by atoms with Gasteiger partial charge in [-0.25, -0.2) is 0 Å². The molecule has 1 atom stereocenters. The van der Waals surface area contributed by atoms with Crippen LogP contribution in [-0.4, -0.2) is 18.2 Å². The molecule has 0 bridgehead atoms. The number of nitrogens with two attached hydrogens (primary N) is 1. The summed E-state index contributed by atoms with van der Waals surface area (Å²) >= 11 is 0. The van der Waals surface area contributed by atoms with Crippen LogP contribution in [0.15, 0.2) is 24.5 Å². The van der Waals surface area contributed by atoms with Crippen molar-refractivity contribution in [2.75, 3.05) is 13.2 Å². The van der Waals surface area contributed by atoms with Crippen LogP contribution in [0, 0.1) is 5.92 Å². The zero-order valence-corrected chi connectivity index (χ0v) is 9.45. The van der Waals surface area contributed by atoms with Crippen LogP contribution in [-0.2, 0) is 4.74 Å². The first-order valence-corrected chi connectivity index (χ1v) is 5.11. The Kier molecular flexibility index (Phi) is 5.02. The lowest BCUT2D eigenvalue weighted by molar-refractivity contribution is 0.0584. The zero-order valence-electron chi connectivity index (χ0n) is 8.63. The molecule has 1 fully saturated rings. The van der Waals surface area contributed by atoms with Gasteiger partial charge in [-0.15, -0.1) is 12.4 Å². The lowest BCUT2D eigenvalue weighted by atomic mass is 9.88. The first-order valence-electron chi connectivity index (χ1n) is 5.11. The van der Waals surface area contributed by atoms with Crippen LogP contribution in [0.4, 0.5) is 0 Å². The number of aromatic nitrogens is 1. The highest BCUT2D eigenvalue weighted by atomic mass is 35.5. The van der Waals surface area contributed by atoms with Crippen LogP contribution >= 0.6 is 12.4 Å². The van der Waals surface area contributed by atoms with Crippen LogP contribution in [0.2, 0.25) is 0 Å². The van der Waals surface area contributed by atoms with Gasteiger partial charge in [0, 0.05) is 31.6 Å². The van der Waals surface area contributed by atoms with Gasteiger partial charge in [-0.3, -0.25) is 4.98 Å². The summed E-state index contributed by atoms with van der Waals surface area (Å²) in [7, 11) is 0. The molecular weight excluding hydrogens is 212 g/mol. The Bertz CT molecular complexity index is 275. The third kappa shape index (κ3) is 3.16. The predicted octanol–water partition coefficient (Wildman–Crippen LogP) is 1.93. The van der Waals surface area contributed by atoms with Gasteiger partial charge in [-0.2, -0.15) is 0 Å². The van der Waals surface area contributed by atoms with E-state index >= 15 is 0 Å². The summed E-state index contributed by atoms with van der Waals surface area (Å²) in [5.74, 6) is 0.561. The number of hydrogen-bond donors (Lipinski definition) is 1. The SMILES string of the molecule is Cl.N[C@@H](c1ccncc1)C1CCOCC1. The normalized spacial score (nSPS) is 19.3. The molecule has 84 valence electrons. The molecule has 4 heteroatoms. The summed E-state index contributed by atoms with van der Waals surface area (Å²) in [5.41, 5.74) is 7.37. The first-order chi connectivity index (χ1) is 6.88. The molecule has 15 heavy (non-hydrogen) atoms. The van der Waals surface area contributed by atoms with E-state index < -0.39 is 0 Å². The van der Waals surface area contributed by atoms with E-state index in [4.69, 9.17) is 10.5 Å². The van der Waals surface area contributed by atoms with E-state index in [-0.39, 0.29) is 18.4 Å². The fourth-order valence-electron chi connectivity index (χ4n) is 1.93. The van der Waals surface area contributed by atoms with Crippen molar-refractivity contribution in [1.82, 2.24) is 4.98 Å². The van der Waals surface area contributed by atoms with Crippen molar-refractivity contribution in [1.29, 1.82) is 0 Å². The third-order valence-corrected chi connectivity index (χ3v) is 2.86. The summed E-state index contributed by atoms with van der Waals surface area (Å²) in [4.78, 5) is 3.99. The van der Waals surface area contributed by atoms with Gasteiger partial charge in [0.2, 0.25) is 0 Å². The van der Waals surface area contributed by atoms with Gasteiger partial charge in [0.05, 0.1) is 0 Å². The molecule has 1 aliphatic heterocycles. The summed E-state index contributed by atoms with van der Waals surface area (Å²) in [6.07, 6.45) is 5.75. The summed E-state index contributed by atoms with van der Waals surface area (Å²) < 4.78 is 5.32. The van der Waals surface area contributed by atoms with Crippen molar-refractivity contribution in [3.8, 4) is 0 Å². The van der Waals surface area contributed by atoms with Gasteiger partial charge in [0.15, 0.2) is 0 Å². The van der Waals surface area contributed by atoms with Crippen LogP contribution in [0.5, 0.6) is 0 Å². The van der Waals surface area contributed by atoms with Crippen molar-refractivity contribution in [3.63, 3.8) is 0 Å². The molecule has 2 rings (SSSR count). The lowest BCUT2D eigenvalue weighted by Crippen LogP contribution is -2.27. The Balaban J connectivity index is 0.00000112. The highest BCUT2D eigenvalue weighted by Gasteiger charge is 2.21. The Morgan fingerprint density at radius 1 is 1.27 bits per heavy atom. The maximum atomic E-state index is 6.19. The van der Waals surface area contributed by atoms with E-state index in [9.17, 15) is 0 Å². The molecule has 1 aromatic heterocycles. The summed E-state index contributed by atoms with van der Waals surface area (Å²) in [6, 6.07) is 4.14. The predicted molar refractivity (Wildman–Crippen MR) is 62.0 cm³/mol. The van der Waals surface area contributed by atoms with Crippen molar-refractivity contribution in [2.45, 2.75) is 18.9 Å². The molecule has 1 aromatic rings. The van der Waals surface area contributed by atoms with E-state index in [0.717, 1.165) is 26.1 Å². The number of hydrogen-bond acceptors (Lipinski definition) is 3. The summed E-state index contributed by atoms with van der Waals surface area (Å²) in [6.45, 7) is 1.70. The smallest absolute Gasteiger partial charge is 0.0469 e. The average molecular weight is 229 g/mol. The van der Waals surface area contributed by atoms with Crippen molar-refractivity contribution < 1.29 is 4.74 Å².